The van der Waals surface area contributed by atoms with E-state index in [9.17, 15) is 8.42 Å². The summed E-state index contributed by atoms with van der Waals surface area (Å²) in [5.41, 5.74) is 0. The molecule has 0 saturated heterocycles. The van der Waals surface area contributed by atoms with Gasteiger partial charge in [0.25, 0.3) is 0 Å². The molecule has 0 aromatic carbocycles. The number of hydrogen-bond donors (Lipinski definition) is 1. The first-order valence-electron chi connectivity index (χ1n) is 4.17. The summed E-state index contributed by atoms with van der Waals surface area (Å²) in [5, 5.41) is 9.00. The molecule has 0 amide bonds. The normalized spacial score (nSPS) is 17.3. The minimum Gasteiger partial charge on any atom is -0.393 e. The lowest BCUT2D eigenvalue weighted by molar-refractivity contribution is 0.163. The first-order chi connectivity index (χ1) is 5.31. The average molecular weight is 194 g/mol. The zero-order valence-corrected chi connectivity index (χ0v) is 8.76. The van der Waals surface area contributed by atoms with Crippen molar-refractivity contribution in [2.75, 3.05) is 12.0 Å². The van der Waals surface area contributed by atoms with E-state index in [1.807, 2.05) is 6.92 Å². The van der Waals surface area contributed by atoms with Crippen LogP contribution in [0, 0.1) is 5.92 Å². The smallest absolute Gasteiger partial charge is 0.147 e. The maximum absolute atomic E-state index is 10.8. The van der Waals surface area contributed by atoms with Crippen molar-refractivity contribution in [3.05, 3.63) is 0 Å². The monoisotopic (exact) mass is 194 g/mol. The van der Waals surface area contributed by atoms with Crippen molar-refractivity contribution in [1.29, 1.82) is 0 Å². The summed E-state index contributed by atoms with van der Waals surface area (Å²) < 4.78 is 21.5. The molecule has 0 fully saturated rings. The Morgan fingerprint density at radius 2 is 1.83 bits per heavy atom. The van der Waals surface area contributed by atoms with Gasteiger partial charge in [-0.25, -0.2) is 8.42 Å². The van der Waals surface area contributed by atoms with E-state index < -0.39 is 9.84 Å². The van der Waals surface area contributed by atoms with Gasteiger partial charge in [0.2, 0.25) is 0 Å². The first kappa shape index (κ1) is 11.9. The second kappa shape index (κ2) is 4.82. The summed E-state index contributed by atoms with van der Waals surface area (Å²) in [6.07, 6.45) is 2.22. The molecule has 0 radical (unpaired) electrons. The lowest BCUT2D eigenvalue weighted by Crippen LogP contribution is -2.12. The molecule has 0 heterocycles. The molecule has 2 atom stereocenters. The zero-order valence-electron chi connectivity index (χ0n) is 7.95. The summed E-state index contributed by atoms with van der Waals surface area (Å²) in [6, 6.07) is 0. The van der Waals surface area contributed by atoms with Gasteiger partial charge in [-0.15, -0.1) is 0 Å². The van der Waals surface area contributed by atoms with Crippen LogP contribution in [0.25, 0.3) is 0 Å². The van der Waals surface area contributed by atoms with Gasteiger partial charge in [0, 0.05) is 6.26 Å². The van der Waals surface area contributed by atoms with Crippen molar-refractivity contribution in [3.63, 3.8) is 0 Å². The van der Waals surface area contributed by atoms with Gasteiger partial charge in [0.15, 0.2) is 0 Å². The molecule has 0 aliphatic heterocycles. The van der Waals surface area contributed by atoms with Gasteiger partial charge in [-0.3, -0.25) is 0 Å². The molecular weight excluding hydrogens is 176 g/mol. The van der Waals surface area contributed by atoms with Crippen LogP contribution in [-0.4, -0.2) is 31.6 Å². The molecule has 1 N–H and O–H groups in total. The molecule has 0 aliphatic carbocycles. The van der Waals surface area contributed by atoms with Gasteiger partial charge in [-0.1, -0.05) is 6.92 Å². The van der Waals surface area contributed by atoms with Crippen molar-refractivity contribution in [2.45, 2.75) is 32.8 Å². The van der Waals surface area contributed by atoms with Gasteiger partial charge < -0.3 is 5.11 Å². The van der Waals surface area contributed by atoms with Crippen LogP contribution in [0.2, 0.25) is 0 Å². The Balaban J connectivity index is 3.65. The minimum atomic E-state index is -2.84. The predicted molar refractivity (Wildman–Crippen MR) is 49.8 cm³/mol. The van der Waals surface area contributed by atoms with Gasteiger partial charge >= 0.3 is 0 Å². The van der Waals surface area contributed by atoms with E-state index in [2.05, 4.69) is 0 Å². The summed E-state index contributed by atoms with van der Waals surface area (Å²) >= 11 is 0. The Morgan fingerprint density at radius 3 is 2.17 bits per heavy atom. The van der Waals surface area contributed by atoms with E-state index in [4.69, 9.17) is 5.11 Å². The number of hydrogen-bond acceptors (Lipinski definition) is 3. The topological polar surface area (TPSA) is 54.4 Å². The second-order valence-corrected chi connectivity index (χ2v) is 5.87. The van der Waals surface area contributed by atoms with E-state index in [1.54, 1.807) is 6.92 Å². The average Bonchev–Trinajstić information content (AvgIpc) is 1.80. The Bertz CT molecular complexity index is 206. The predicted octanol–water partition coefficient (Wildman–Crippen LogP) is 0.828. The van der Waals surface area contributed by atoms with Crippen molar-refractivity contribution in [3.8, 4) is 0 Å². The summed E-state index contributed by atoms with van der Waals surface area (Å²) in [5.74, 6) is 0.501. The maximum atomic E-state index is 10.8. The lowest BCUT2D eigenvalue weighted by atomic mass is 10.0. The first-order valence-corrected chi connectivity index (χ1v) is 6.23. The third-order valence-electron chi connectivity index (χ3n) is 1.72. The number of sulfone groups is 1. The molecule has 74 valence electrons. The Labute approximate surface area is 74.7 Å². The van der Waals surface area contributed by atoms with Gasteiger partial charge in [0.05, 0.1) is 11.9 Å². The minimum absolute atomic E-state index is 0.223. The van der Waals surface area contributed by atoms with E-state index in [1.165, 1.54) is 6.26 Å². The molecule has 12 heavy (non-hydrogen) atoms. The quantitative estimate of drug-likeness (QED) is 0.705. The Morgan fingerprint density at radius 1 is 1.33 bits per heavy atom. The maximum Gasteiger partial charge on any atom is 0.147 e. The molecule has 0 saturated carbocycles. The molecule has 0 aromatic rings. The third-order valence-corrected chi connectivity index (χ3v) is 2.70. The summed E-state index contributed by atoms with van der Waals surface area (Å²) in [4.78, 5) is 0. The van der Waals surface area contributed by atoms with E-state index >= 15 is 0 Å². The van der Waals surface area contributed by atoms with Crippen molar-refractivity contribution in [1.82, 2.24) is 0 Å². The van der Waals surface area contributed by atoms with Crippen molar-refractivity contribution < 1.29 is 13.5 Å². The van der Waals surface area contributed by atoms with Crippen LogP contribution in [-0.2, 0) is 9.84 Å². The standard InChI is InChI=1S/C8H18O3S/c1-7(6-8(2)9)4-5-12(3,10)11/h7-9H,4-6H2,1-3H3. The van der Waals surface area contributed by atoms with Crippen molar-refractivity contribution in [2.24, 2.45) is 5.92 Å². The summed E-state index contributed by atoms with van der Waals surface area (Å²) in [7, 11) is -2.84. The fourth-order valence-electron chi connectivity index (χ4n) is 1.12. The van der Waals surface area contributed by atoms with E-state index in [0.29, 0.717) is 12.8 Å². The number of aliphatic hydroxyl groups is 1. The van der Waals surface area contributed by atoms with Gasteiger partial charge in [0.1, 0.15) is 9.84 Å². The summed E-state index contributed by atoms with van der Waals surface area (Å²) in [6.45, 7) is 3.68. The van der Waals surface area contributed by atoms with Crippen LogP contribution in [0.3, 0.4) is 0 Å². The molecule has 0 aromatic heterocycles. The SMILES string of the molecule is CC(O)CC(C)CCS(C)(=O)=O. The molecule has 0 rings (SSSR count). The van der Waals surface area contributed by atoms with Crippen LogP contribution >= 0.6 is 0 Å². The highest BCUT2D eigenvalue weighted by molar-refractivity contribution is 7.90. The molecule has 0 aliphatic rings. The molecular formula is C8H18O3S. The molecule has 2 unspecified atom stereocenters. The highest BCUT2D eigenvalue weighted by Gasteiger charge is 2.09. The van der Waals surface area contributed by atoms with Crippen LogP contribution in [0.5, 0.6) is 0 Å². The molecule has 4 heteroatoms. The number of rotatable bonds is 5. The van der Waals surface area contributed by atoms with Crippen LogP contribution < -0.4 is 0 Å². The van der Waals surface area contributed by atoms with Gasteiger partial charge in [-0.05, 0) is 25.7 Å². The Kier molecular flexibility index (Phi) is 4.78. The third kappa shape index (κ3) is 8.01. The second-order valence-electron chi connectivity index (χ2n) is 3.61. The fraction of sp³-hybridized carbons (Fsp3) is 1.00. The highest BCUT2D eigenvalue weighted by atomic mass is 32.2. The Hall–Kier alpha value is -0.0900. The van der Waals surface area contributed by atoms with E-state index in [0.717, 1.165) is 0 Å². The highest BCUT2D eigenvalue weighted by Crippen LogP contribution is 2.11. The lowest BCUT2D eigenvalue weighted by Gasteiger charge is -2.11. The fourth-order valence-corrected chi connectivity index (χ4v) is 1.95. The van der Waals surface area contributed by atoms with Gasteiger partial charge in [-0.2, -0.15) is 0 Å². The zero-order chi connectivity index (χ0) is 9.78. The molecule has 0 bridgehead atoms. The van der Waals surface area contributed by atoms with Crippen LogP contribution in [0.4, 0.5) is 0 Å². The largest absolute Gasteiger partial charge is 0.393 e. The van der Waals surface area contributed by atoms with Crippen LogP contribution in [0.1, 0.15) is 26.7 Å². The van der Waals surface area contributed by atoms with Crippen LogP contribution in [0.15, 0.2) is 0 Å². The van der Waals surface area contributed by atoms with Crippen molar-refractivity contribution >= 4 is 9.84 Å². The molecule has 0 spiro atoms. The molecule has 3 nitrogen and oxygen atoms in total. The number of aliphatic hydroxyl groups excluding tert-OH is 1. The van der Waals surface area contributed by atoms with E-state index in [-0.39, 0.29) is 17.8 Å².